The number of nitrogens with zero attached hydrogens (tertiary/aromatic N) is 4. The lowest BCUT2D eigenvalue weighted by atomic mass is 10.2. The molecule has 0 saturated heterocycles. The van der Waals surface area contributed by atoms with Crippen LogP contribution in [0.3, 0.4) is 0 Å². The van der Waals surface area contributed by atoms with Crippen LogP contribution in [-0.2, 0) is 21.4 Å². The number of nitrogens with one attached hydrogen (secondary N) is 1. The van der Waals surface area contributed by atoms with Gasteiger partial charge in [0.2, 0.25) is 15.9 Å². The molecule has 0 atom stereocenters. The molecule has 30 heavy (non-hydrogen) atoms. The minimum absolute atomic E-state index is 0.0355. The third-order valence-corrected chi connectivity index (χ3v) is 7.11. The first kappa shape index (κ1) is 21.8. The molecule has 9 nitrogen and oxygen atoms in total. The third-order valence-electron chi connectivity index (χ3n) is 4.32. The summed E-state index contributed by atoms with van der Waals surface area (Å²) < 4.78 is 27.7. The summed E-state index contributed by atoms with van der Waals surface area (Å²) in [4.78, 5) is 32.9. The van der Waals surface area contributed by atoms with Crippen LogP contribution in [0.15, 0.2) is 57.9 Å². The molecular weight excluding hydrogens is 426 g/mol. The molecule has 1 N–H and O–H groups in total. The van der Waals surface area contributed by atoms with Crippen molar-refractivity contribution in [3.05, 3.63) is 58.6 Å². The van der Waals surface area contributed by atoms with Gasteiger partial charge in [0, 0.05) is 48.7 Å². The minimum Gasteiger partial charge on any atom is -0.305 e. The molecular formula is C19H21N5O4S2. The van der Waals surface area contributed by atoms with Crippen molar-refractivity contribution in [2.75, 3.05) is 18.4 Å². The number of thiazole rings is 1. The molecule has 3 aromatic rings. The Balaban J connectivity index is 1.76. The monoisotopic (exact) mass is 447 g/mol. The van der Waals surface area contributed by atoms with E-state index in [1.165, 1.54) is 27.9 Å². The highest BCUT2D eigenvalue weighted by Crippen LogP contribution is 2.24. The van der Waals surface area contributed by atoms with Gasteiger partial charge < -0.3 is 9.88 Å². The second-order valence-electron chi connectivity index (χ2n) is 6.25. The maximum Gasteiger partial charge on any atom is 0.251 e. The summed E-state index contributed by atoms with van der Waals surface area (Å²) in [6, 6.07) is 6.05. The zero-order chi connectivity index (χ0) is 21.7. The Kier molecular flexibility index (Phi) is 6.75. The SMILES string of the molecule is CCN(CC)S(=O)(=O)c1ccc(=O)n(CC(=O)Nc2nc(-c3cccnc3)cs2)c1. The summed E-state index contributed by atoms with van der Waals surface area (Å²) in [6.45, 7) is 3.75. The number of hydrogen-bond acceptors (Lipinski definition) is 7. The van der Waals surface area contributed by atoms with E-state index in [2.05, 4.69) is 15.3 Å². The number of anilines is 1. The highest BCUT2D eigenvalue weighted by molar-refractivity contribution is 7.89. The Labute approximate surface area is 178 Å². The van der Waals surface area contributed by atoms with Crippen LogP contribution in [0.2, 0.25) is 0 Å². The van der Waals surface area contributed by atoms with E-state index >= 15 is 0 Å². The van der Waals surface area contributed by atoms with Gasteiger partial charge in [0.1, 0.15) is 6.54 Å². The quantitative estimate of drug-likeness (QED) is 0.565. The number of amides is 1. The number of carbonyl (C=O) groups excluding carboxylic acids is 1. The van der Waals surface area contributed by atoms with E-state index in [1.54, 1.807) is 37.7 Å². The highest BCUT2D eigenvalue weighted by atomic mass is 32.2. The maximum absolute atomic E-state index is 12.7. The van der Waals surface area contributed by atoms with Gasteiger partial charge in [-0.1, -0.05) is 13.8 Å². The molecule has 3 rings (SSSR count). The topological polar surface area (TPSA) is 114 Å². The number of rotatable bonds is 8. The van der Waals surface area contributed by atoms with Crippen LogP contribution >= 0.6 is 11.3 Å². The molecule has 11 heteroatoms. The number of pyridine rings is 2. The van der Waals surface area contributed by atoms with Gasteiger partial charge in [-0.25, -0.2) is 13.4 Å². The molecule has 0 radical (unpaired) electrons. The molecule has 0 aliphatic rings. The maximum atomic E-state index is 12.7. The summed E-state index contributed by atoms with van der Waals surface area (Å²) in [5.41, 5.74) is 1.02. The molecule has 0 aliphatic carbocycles. The molecule has 0 spiro atoms. The fourth-order valence-corrected chi connectivity index (χ4v) is 5.00. The molecule has 0 unspecified atom stereocenters. The Hall–Kier alpha value is -2.89. The first-order valence-corrected chi connectivity index (χ1v) is 11.5. The molecule has 3 heterocycles. The minimum atomic E-state index is -3.74. The lowest BCUT2D eigenvalue weighted by molar-refractivity contribution is -0.116. The van der Waals surface area contributed by atoms with E-state index < -0.39 is 21.5 Å². The fourth-order valence-electron chi connectivity index (χ4n) is 2.79. The van der Waals surface area contributed by atoms with Gasteiger partial charge in [0.25, 0.3) is 5.56 Å². The summed E-state index contributed by atoms with van der Waals surface area (Å²) in [6.07, 6.45) is 4.52. The van der Waals surface area contributed by atoms with E-state index in [4.69, 9.17) is 0 Å². The number of hydrogen-bond donors (Lipinski definition) is 1. The van der Waals surface area contributed by atoms with E-state index in [9.17, 15) is 18.0 Å². The summed E-state index contributed by atoms with van der Waals surface area (Å²) in [7, 11) is -3.74. The average molecular weight is 448 g/mol. The van der Waals surface area contributed by atoms with E-state index in [-0.39, 0.29) is 11.4 Å². The predicted octanol–water partition coefficient (Wildman–Crippen LogP) is 2.04. The van der Waals surface area contributed by atoms with Gasteiger partial charge in [-0.2, -0.15) is 4.31 Å². The standard InChI is InChI=1S/C19H21N5O4S2/c1-3-24(4-2)30(27,28)15-7-8-18(26)23(11-15)12-17(25)22-19-21-16(13-29-19)14-6-5-9-20-10-14/h5-11,13H,3-4,12H2,1-2H3,(H,21,22,25). The summed E-state index contributed by atoms with van der Waals surface area (Å²) in [5.74, 6) is -0.485. The molecule has 158 valence electrons. The summed E-state index contributed by atoms with van der Waals surface area (Å²) in [5, 5.41) is 4.80. The zero-order valence-electron chi connectivity index (χ0n) is 16.5. The molecule has 0 bridgehead atoms. The zero-order valence-corrected chi connectivity index (χ0v) is 18.1. The van der Waals surface area contributed by atoms with Gasteiger partial charge in [-0.15, -0.1) is 11.3 Å². The van der Waals surface area contributed by atoms with Crippen molar-refractivity contribution < 1.29 is 13.2 Å². The van der Waals surface area contributed by atoms with Crippen LogP contribution in [-0.4, -0.2) is 46.3 Å². The first-order chi connectivity index (χ1) is 14.3. The van der Waals surface area contributed by atoms with Crippen LogP contribution < -0.4 is 10.9 Å². The highest BCUT2D eigenvalue weighted by Gasteiger charge is 2.22. The second-order valence-corrected chi connectivity index (χ2v) is 9.04. The Bertz CT molecular complexity index is 1180. The Morgan fingerprint density at radius 1 is 1.23 bits per heavy atom. The lowest BCUT2D eigenvalue weighted by Crippen LogP contribution is -2.33. The second kappa shape index (κ2) is 9.28. The molecule has 1 amide bonds. The van der Waals surface area contributed by atoms with Gasteiger partial charge in [-0.3, -0.25) is 14.6 Å². The van der Waals surface area contributed by atoms with Crippen molar-refractivity contribution in [2.45, 2.75) is 25.3 Å². The molecule has 0 aliphatic heterocycles. The van der Waals surface area contributed by atoms with Crippen LogP contribution in [0.4, 0.5) is 5.13 Å². The third kappa shape index (κ3) is 4.81. The van der Waals surface area contributed by atoms with Crippen LogP contribution in [0, 0.1) is 0 Å². The molecule has 0 fully saturated rings. The normalized spacial score (nSPS) is 11.6. The van der Waals surface area contributed by atoms with Crippen molar-refractivity contribution in [2.24, 2.45) is 0 Å². The van der Waals surface area contributed by atoms with Crippen molar-refractivity contribution in [1.82, 2.24) is 18.8 Å². The fraction of sp³-hybridized carbons (Fsp3) is 0.263. The predicted molar refractivity (Wildman–Crippen MR) is 115 cm³/mol. The number of carbonyl (C=O) groups is 1. The number of aromatic nitrogens is 3. The van der Waals surface area contributed by atoms with Gasteiger partial charge >= 0.3 is 0 Å². The number of sulfonamides is 1. The summed E-state index contributed by atoms with van der Waals surface area (Å²) >= 11 is 1.24. The Morgan fingerprint density at radius 2 is 2.00 bits per heavy atom. The molecule has 3 aromatic heterocycles. The van der Waals surface area contributed by atoms with Gasteiger partial charge in [-0.05, 0) is 18.2 Å². The van der Waals surface area contributed by atoms with E-state index in [0.717, 1.165) is 16.2 Å². The Morgan fingerprint density at radius 3 is 2.67 bits per heavy atom. The van der Waals surface area contributed by atoms with Crippen LogP contribution in [0.25, 0.3) is 11.3 Å². The van der Waals surface area contributed by atoms with Crippen molar-refractivity contribution in [3.63, 3.8) is 0 Å². The van der Waals surface area contributed by atoms with Crippen LogP contribution in [0.1, 0.15) is 13.8 Å². The first-order valence-electron chi connectivity index (χ1n) is 9.21. The largest absolute Gasteiger partial charge is 0.305 e. The lowest BCUT2D eigenvalue weighted by Gasteiger charge is -2.18. The van der Waals surface area contributed by atoms with Gasteiger partial charge in [0.15, 0.2) is 5.13 Å². The van der Waals surface area contributed by atoms with Crippen LogP contribution in [0.5, 0.6) is 0 Å². The van der Waals surface area contributed by atoms with E-state index in [0.29, 0.717) is 23.9 Å². The van der Waals surface area contributed by atoms with Crippen molar-refractivity contribution in [1.29, 1.82) is 0 Å². The average Bonchev–Trinajstić information content (AvgIpc) is 3.19. The van der Waals surface area contributed by atoms with Crippen molar-refractivity contribution >= 4 is 32.4 Å². The van der Waals surface area contributed by atoms with Crippen molar-refractivity contribution in [3.8, 4) is 11.3 Å². The van der Waals surface area contributed by atoms with Gasteiger partial charge in [0.05, 0.1) is 10.6 Å². The van der Waals surface area contributed by atoms with E-state index in [1.807, 2.05) is 6.07 Å². The molecule has 0 aromatic carbocycles. The smallest absolute Gasteiger partial charge is 0.251 e. The molecule has 0 saturated carbocycles.